The summed E-state index contributed by atoms with van der Waals surface area (Å²) in [4.78, 5) is 56.4. The van der Waals surface area contributed by atoms with Gasteiger partial charge in [-0.1, -0.05) is 18.5 Å². The van der Waals surface area contributed by atoms with E-state index in [0.717, 1.165) is 24.2 Å². The number of nitrogens with two attached hydrogens (primary N) is 1. The van der Waals surface area contributed by atoms with E-state index in [4.69, 9.17) is 20.4 Å². The number of nitrogen functional groups attached to an aromatic ring is 1. The van der Waals surface area contributed by atoms with Crippen molar-refractivity contribution in [2.24, 2.45) is 5.16 Å². The Morgan fingerprint density at radius 2 is 2.06 bits per heavy atom. The van der Waals surface area contributed by atoms with Crippen molar-refractivity contribution in [3.63, 3.8) is 0 Å². The van der Waals surface area contributed by atoms with Gasteiger partial charge in [0.1, 0.15) is 29.9 Å². The second kappa shape index (κ2) is 13.1. The van der Waals surface area contributed by atoms with Gasteiger partial charge in [-0.2, -0.15) is 0 Å². The number of aromatic nitrogens is 1. The number of methoxy groups -OCH3 is 1. The van der Waals surface area contributed by atoms with E-state index in [-0.39, 0.29) is 28.8 Å². The van der Waals surface area contributed by atoms with Gasteiger partial charge in [0, 0.05) is 24.7 Å². The number of fused-ring (bicyclic) bond motifs is 1. The Kier molecular flexibility index (Phi) is 10.5. The number of oxime groups is 1. The number of carbonyl (C=O) groups excluding carboxylic acids is 2. The molecule has 15 heteroatoms. The first kappa shape index (κ1) is 28.1. The highest BCUT2D eigenvalue weighted by atomic mass is 32.2. The van der Waals surface area contributed by atoms with Gasteiger partial charge in [-0.05, 0) is 12.0 Å². The number of rotatable bonds is 10. The molecule has 1 aromatic rings. The summed E-state index contributed by atoms with van der Waals surface area (Å²) in [7, 11) is 2.73. The van der Waals surface area contributed by atoms with Crippen LogP contribution in [0, 0.1) is 0 Å². The number of aliphatic carboxylic acids is 2. The first-order chi connectivity index (χ1) is 16.7. The Labute approximate surface area is 209 Å². The topological polar surface area (TPSA) is 194 Å². The molecule has 35 heavy (non-hydrogen) atoms. The lowest BCUT2D eigenvalue weighted by molar-refractivity contribution is -0.150. The fourth-order valence-corrected chi connectivity index (χ4v) is 5.07. The molecule has 2 aliphatic heterocycles. The van der Waals surface area contributed by atoms with Gasteiger partial charge in [0.2, 0.25) is 0 Å². The number of thioether (sulfide) groups is 1. The van der Waals surface area contributed by atoms with Gasteiger partial charge in [0.15, 0.2) is 10.8 Å². The molecule has 1 fully saturated rings. The number of thiazole rings is 1. The number of nitrogens with one attached hydrogen (secondary N) is 1. The maximum Gasteiger partial charge on any atom is 0.352 e. The number of β-lactam (4-membered cyclic amide) rings is 1. The van der Waals surface area contributed by atoms with Crippen molar-refractivity contribution >= 4 is 57.7 Å². The number of hydrogen-bond donors (Lipinski definition) is 4. The van der Waals surface area contributed by atoms with Gasteiger partial charge in [-0.3, -0.25) is 19.3 Å². The lowest BCUT2D eigenvalue weighted by atomic mass is 10.0. The maximum atomic E-state index is 12.6. The van der Waals surface area contributed by atoms with Crippen LogP contribution in [-0.2, 0) is 28.8 Å². The predicted molar refractivity (Wildman–Crippen MR) is 129 cm³/mol. The highest BCUT2D eigenvalue weighted by molar-refractivity contribution is 8.00. The average Bonchev–Trinajstić information content (AvgIpc) is 3.25. The van der Waals surface area contributed by atoms with Crippen molar-refractivity contribution in [3.05, 3.63) is 22.3 Å². The Morgan fingerprint density at radius 1 is 1.34 bits per heavy atom. The Morgan fingerprint density at radius 3 is 2.54 bits per heavy atom. The normalized spacial score (nSPS) is 19.2. The van der Waals surface area contributed by atoms with Gasteiger partial charge >= 0.3 is 11.9 Å². The molecule has 0 bridgehead atoms. The molecular formula is C20H27N5O8S2. The fraction of sp³-hybridized carbons (Fsp3) is 0.500. The van der Waals surface area contributed by atoms with Crippen LogP contribution < -0.4 is 11.1 Å². The van der Waals surface area contributed by atoms with Gasteiger partial charge < -0.3 is 30.8 Å². The Balaban J connectivity index is 0.000000540. The fourth-order valence-electron chi connectivity index (χ4n) is 3.20. The van der Waals surface area contributed by atoms with Crippen LogP contribution in [0.4, 0.5) is 5.13 Å². The predicted octanol–water partition coefficient (Wildman–Crippen LogP) is 0.722. The number of carbonyl (C=O) groups is 4. The van der Waals surface area contributed by atoms with Crippen LogP contribution in [0.1, 0.15) is 31.9 Å². The minimum absolute atomic E-state index is 0.0980. The number of nitrogens with zero attached hydrogens (tertiary/aromatic N) is 3. The third-order valence-corrected chi connectivity index (χ3v) is 6.77. The molecule has 0 saturated carbocycles. The van der Waals surface area contributed by atoms with Crippen molar-refractivity contribution in [3.8, 4) is 0 Å². The summed E-state index contributed by atoms with van der Waals surface area (Å²) in [6.07, 6.45) is 2.08. The molecule has 1 saturated heterocycles. The highest BCUT2D eigenvalue weighted by Gasteiger charge is 2.54. The summed E-state index contributed by atoms with van der Waals surface area (Å²) in [6, 6.07) is -0.894. The SMILES string of the molecule is CCCCC(=O)O.COCC1=C(C(=O)O)N2C(=O)[C@@H](NC(=O)/C(=N/OC)c3csc(N)n3)[C@H]2SC1. The molecule has 2 aliphatic rings. The molecule has 0 spiro atoms. The molecule has 1 aromatic heterocycles. The van der Waals surface area contributed by atoms with Crippen LogP contribution in [0.2, 0.25) is 0 Å². The summed E-state index contributed by atoms with van der Waals surface area (Å²) in [6.45, 7) is 2.08. The molecule has 2 atom stereocenters. The van der Waals surface area contributed by atoms with Crippen LogP contribution in [0.15, 0.2) is 21.8 Å². The van der Waals surface area contributed by atoms with E-state index in [2.05, 4.69) is 15.5 Å². The number of carboxylic acid groups (broad SMARTS) is 2. The van der Waals surface area contributed by atoms with Crippen molar-refractivity contribution in [1.82, 2.24) is 15.2 Å². The molecule has 0 unspecified atom stereocenters. The molecule has 0 radical (unpaired) electrons. The van der Waals surface area contributed by atoms with Crippen LogP contribution in [0.25, 0.3) is 0 Å². The molecule has 192 valence electrons. The molecule has 13 nitrogen and oxygen atoms in total. The first-order valence-corrected chi connectivity index (χ1v) is 12.3. The zero-order chi connectivity index (χ0) is 26.1. The Hall–Kier alpha value is -3.17. The van der Waals surface area contributed by atoms with Gasteiger partial charge in [0.05, 0.1) is 6.61 Å². The van der Waals surface area contributed by atoms with Crippen LogP contribution in [0.3, 0.4) is 0 Å². The summed E-state index contributed by atoms with van der Waals surface area (Å²) in [5.41, 5.74) is 6.09. The molecule has 3 rings (SSSR count). The molecule has 0 aliphatic carbocycles. The van der Waals surface area contributed by atoms with Crippen LogP contribution in [-0.4, -0.2) is 87.6 Å². The van der Waals surface area contributed by atoms with Gasteiger partial charge in [-0.25, -0.2) is 9.78 Å². The summed E-state index contributed by atoms with van der Waals surface area (Å²) in [5.74, 6) is -2.73. The molecule has 0 aromatic carbocycles. The van der Waals surface area contributed by atoms with Crippen LogP contribution >= 0.6 is 23.1 Å². The van der Waals surface area contributed by atoms with Crippen LogP contribution in [0.5, 0.6) is 0 Å². The monoisotopic (exact) mass is 529 g/mol. The van der Waals surface area contributed by atoms with Crippen molar-refractivity contribution in [1.29, 1.82) is 0 Å². The number of anilines is 1. The largest absolute Gasteiger partial charge is 0.481 e. The van der Waals surface area contributed by atoms with Gasteiger partial charge in [0.25, 0.3) is 11.8 Å². The first-order valence-electron chi connectivity index (χ1n) is 10.4. The number of hydrogen-bond acceptors (Lipinski definition) is 11. The smallest absolute Gasteiger partial charge is 0.352 e. The van der Waals surface area contributed by atoms with E-state index < -0.39 is 35.2 Å². The third kappa shape index (κ3) is 6.93. The van der Waals surface area contributed by atoms with E-state index in [9.17, 15) is 24.3 Å². The quantitative estimate of drug-likeness (QED) is 0.189. The second-order valence-corrected chi connectivity index (χ2v) is 9.24. The standard InChI is InChI=1S/C15H17N5O6S2.C5H10O2/c1-25-3-6-4-27-13-9(12(22)20(13)10(6)14(23)24)18-11(21)8(19-26-2)7-5-28-15(16)17-7;1-2-3-4-5(6)7/h5,9,13H,3-4H2,1-2H3,(H2,16,17)(H,18,21)(H,23,24);2-4H2,1H3,(H,6,7)/b19-8+;/t9-,13-;/m1./s1. The maximum absolute atomic E-state index is 12.6. The second-order valence-electron chi connectivity index (χ2n) is 7.24. The number of amides is 2. The minimum atomic E-state index is -1.21. The highest BCUT2D eigenvalue weighted by Crippen LogP contribution is 2.40. The molecule has 2 amide bonds. The van der Waals surface area contributed by atoms with Crippen molar-refractivity contribution in [2.75, 3.05) is 32.3 Å². The summed E-state index contributed by atoms with van der Waals surface area (Å²) in [5, 5.41) is 25.0. The van der Waals surface area contributed by atoms with E-state index >= 15 is 0 Å². The summed E-state index contributed by atoms with van der Waals surface area (Å²) < 4.78 is 5.02. The summed E-state index contributed by atoms with van der Waals surface area (Å²) >= 11 is 2.47. The zero-order valence-corrected chi connectivity index (χ0v) is 21.0. The van der Waals surface area contributed by atoms with Crippen molar-refractivity contribution in [2.45, 2.75) is 37.6 Å². The number of unbranched alkanes of at least 4 members (excludes halogenated alkanes) is 1. The molecule has 3 heterocycles. The molecular weight excluding hydrogens is 502 g/mol. The van der Waals surface area contributed by atoms with E-state index in [1.54, 1.807) is 5.38 Å². The third-order valence-electron chi connectivity index (χ3n) is 4.76. The number of carboxylic acids is 2. The van der Waals surface area contributed by atoms with E-state index in [1.165, 1.54) is 30.9 Å². The Bertz CT molecular complexity index is 1020. The minimum Gasteiger partial charge on any atom is -0.481 e. The zero-order valence-electron chi connectivity index (χ0n) is 19.3. The average molecular weight is 530 g/mol. The molecule has 5 N–H and O–H groups in total. The van der Waals surface area contributed by atoms with Gasteiger partial charge in [-0.15, -0.1) is 23.1 Å². The van der Waals surface area contributed by atoms with E-state index in [0.29, 0.717) is 17.7 Å². The van der Waals surface area contributed by atoms with E-state index in [1.807, 2.05) is 6.92 Å². The lowest BCUT2D eigenvalue weighted by Gasteiger charge is -2.49. The van der Waals surface area contributed by atoms with Crippen molar-refractivity contribution < 1.29 is 39.0 Å². The lowest BCUT2D eigenvalue weighted by Crippen LogP contribution is -2.71. The number of ether oxygens (including phenoxy) is 1.